The van der Waals surface area contributed by atoms with Gasteiger partial charge in [-0.3, -0.25) is 4.79 Å². The standard InChI is InChI=1S/C21H29N3O3/c25-13-18-19(14-6-2-1-3-7-14)17(24(18)20(26)15-10-11-15)12-22-21(27)23-16-8-4-5-9-16/h1-3,6-7,15-19,25H,4-5,8-13H2,(H2,22,23,27)/t17-,18-,19+/m0/s1. The van der Waals surface area contributed by atoms with E-state index in [1.54, 1.807) is 0 Å². The van der Waals surface area contributed by atoms with E-state index in [4.69, 9.17) is 0 Å². The van der Waals surface area contributed by atoms with Crippen molar-refractivity contribution in [2.75, 3.05) is 13.2 Å². The molecule has 27 heavy (non-hydrogen) atoms. The fourth-order valence-electron chi connectivity index (χ4n) is 4.67. The lowest BCUT2D eigenvalue weighted by molar-refractivity contribution is -0.151. The normalized spacial score (nSPS) is 27.9. The van der Waals surface area contributed by atoms with Gasteiger partial charge in [-0.2, -0.15) is 0 Å². The molecular formula is C21H29N3O3. The maximum Gasteiger partial charge on any atom is 0.315 e. The van der Waals surface area contributed by atoms with Crippen molar-refractivity contribution in [3.63, 3.8) is 0 Å². The van der Waals surface area contributed by atoms with E-state index >= 15 is 0 Å². The predicted octanol–water partition coefficient (Wildman–Crippen LogP) is 1.99. The van der Waals surface area contributed by atoms with Crippen LogP contribution in [0.3, 0.4) is 0 Å². The topological polar surface area (TPSA) is 81.7 Å². The Morgan fingerprint density at radius 2 is 1.74 bits per heavy atom. The molecule has 3 atom stereocenters. The SMILES string of the molecule is O=C(NC[C@H]1[C@@H](c2ccccc2)[C@H](CO)N1C(=O)C1CC1)NC1CCCC1. The summed E-state index contributed by atoms with van der Waals surface area (Å²) in [4.78, 5) is 26.9. The lowest BCUT2D eigenvalue weighted by Gasteiger charge is -2.55. The van der Waals surface area contributed by atoms with Gasteiger partial charge >= 0.3 is 6.03 Å². The average molecular weight is 371 g/mol. The number of likely N-dealkylation sites (tertiary alicyclic amines) is 1. The molecule has 1 aromatic carbocycles. The first-order valence-corrected chi connectivity index (χ1v) is 10.2. The summed E-state index contributed by atoms with van der Waals surface area (Å²) in [7, 11) is 0. The van der Waals surface area contributed by atoms with Crippen LogP contribution in [0.25, 0.3) is 0 Å². The number of aliphatic hydroxyl groups is 1. The monoisotopic (exact) mass is 371 g/mol. The highest BCUT2D eigenvalue weighted by Gasteiger charge is 2.53. The van der Waals surface area contributed by atoms with E-state index in [1.807, 2.05) is 35.2 Å². The zero-order valence-electron chi connectivity index (χ0n) is 15.6. The third-order valence-electron chi connectivity index (χ3n) is 6.26. The van der Waals surface area contributed by atoms with Gasteiger partial charge in [0.05, 0.1) is 18.7 Å². The summed E-state index contributed by atoms with van der Waals surface area (Å²) in [5.74, 6) is 0.278. The van der Waals surface area contributed by atoms with Crippen LogP contribution in [-0.2, 0) is 4.79 Å². The summed E-state index contributed by atoms with van der Waals surface area (Å²) in [6.45, 7) is 0.357. The highest BCUT2D eigenvalue weighted by Crippen LogP contribution is 2.44. The lowest BCUT2D eigenvalue weighted by atomic mass is 9.74. The van der Waals surface area contributed by atoms with Crippen molar-refractivity contribution in [3.05, 3.63) is 35.9 Å². The van der Waals surface area contributed by atoms with Crippen LogP contribution in [0.2, 0.25) is 0 Å². The Hall–Kier alpha value is -2.08. The Morgan fingerprint density at radius 1 is 1.04 bits per heavy atom. The second-order valence-electron chi connectivity index (χ2n) is 8.11. The highest BCUT2D eigenvalue weighted by molar-refractivity contribution is 5.83. The molecule has 0 aromatic heterocycles. The Morgan fingerprint density at radius 3 is 2.37 bits per heavy atom. The van der Waals surface area contributed by atoms with Gasteiger partial charge in [0.1, 0.15) is 0 Å². The van der Waals surface area contributed by atoms with E-state index in [1.165, 1.54) is 12.8 Å². The molecule has 2 saturated carbocycles. The average Bonchev–Trinajstić information content (AvgIpc) is 3.40. The zero-order valence-corrected chi connectivity index (χ0v) is 15.6. The van der Waals surface area contributed by atoms with Crippen LogP contribution in [0.1, 0.15) is 50.0 Å². The van der Waals surface area contributed by atoms with Crippen molar-refractivity contribution in [1.29, 1.82) is 0 Å². The number of hydrogen-bond acceptors (Lipinski definition) is 3. The molecule has 6 heteroatoms. The molecule has 0 unspecified atom stereocenters. The quantitative estimate of drug-likeness (QED) is 0.715. The zero-order chi connectivity index (χ0) is 18.8. The summed E-state index contributed by atoms with van der Waals surface area (Å²) < 4.78 is 0. The third-order valence-corrected chi connectivity index (χ3v) is 6.26. The molecule has 1 saturated heterocycles. The van der Waals surface area contributed by atoms with E-state index in [0.717, 1.165) is 31.2 Å². The third kappa shape index (κ3) is 3.81. The van der Waals surface area contributed by atoms with Crippen LogP contribution in [0.4, 0.5) is 4.79 Å². The van der Waals surface area contributed by atoms with Crippen LogP contribution in [0.5, 0.6) is 0 Å². The van der Waals surface area contributed by atoms with Crippen LogP contribution in [-0.4, -0.2) is 53.2 Å². The van der Waals surface area contributed by atoms with Crippen molar-refractivity contribution >= 4 is 11.9 Å². The minimum atomic E-state index is -0.204. The van der Waals surface area contributed by atoms with Gasteiger partial charge in [-0.25, -0.2) is 4.79 Å². The molecule has 6 nitrogen and oxygen atoms in total. The first kappa shape index (κ1) is 18.3. The minimum Gasteiger partial charge on any atom is -0.394 e. The van der Waals surface area contributed by atoms with Crippen LogP contribution < -0.4 is 10.6 Å². The maximum atomic E-state index is 12.8. The molecule has 0 radical (unpaired) electrons. The molecule has 1 heterocycles. The largest absolute Gasteiger partial charge is 0.394 e. The van der Waals surface area contributed by atoms with E-state index in [9.17, 15) is 14.7 Å². The van der Waals surface area contributed by atoms with Gasteiger partial charge < -0.3 is 20.6 Å². The van der Waals surface area contributed by atoms with Gasteiger partial charge in [0.15, 0.2) is 0 Å². The van der Waals surface area contributed by atoms with Crippen molar-refractivity contribution in [1.82, 2.24) is 15.5 Å². The van der Waals surface area contributed by atoms with Gasteiger partial charge in [0, 0.05) is 24.4 Å². The number of nitrogens with zero attached hydrogens (tertiary/aromatic N) is 1. The number of benzene rings is 1. The Kier molecular flexibility index (Phi) is 5.34. The number of urea groups is 1. The number of amides is 3. The predicted molar refractivity (Wildman–Crippen MR) is 102 cm³/mol. The molecule has 3 fully saturated rings. The second kappa shape index (κ2) is 7.89. The summed E-state index contributed by atoms with van der Waals surface area (Å²) in [5, 5.41) is 15.9. The van der Waals surface area contributed by atoms with E-state index in [0.29, 0.717) is 6.54 Å². The lowest BCUT2D eigenvalue weighted by Crippen LogP contribution is -2.69. The molecule has 4 rings (SSSR count). The summed E-state index contributed by atoms with van der Waals surface area (Å²) in [5.41, 5.74) is 1.11. The van der Waals surface area contributed by atoms with Crippen molar-refractivity contribution in [2.45, 2.75) is 62.6 Å². The van der Waals surface area contributed by atoms with E-state index in [-0.39, 0.29) is 48.5 Å². The summed E-state index contributed by atoms with van der Waals surface area (Å²) in [6, 6.07) is 9.81. The van der Waals surface area contributed by atoms with Gasteiger partial charge in [-0.1, -0.05) is 43.2 Å². The fourth-order valence-corrected chi connectivity index (χ4v) is 4.67. The smallest absolute Gasteiger partial charge is 0.315 e. The number of rotatable bonds is 6. The first-order chi connectivity index (χ1) is 13.2. The molecule has 3 amide bonds. The first-order valence-electron chi connectivity index (χ1n) is 10.2. The summed E-state index contributed by atoms with van der Waals surface area (Å²) in [6.07, 6.45) is 6.30. The number of carbonyl (C=O) groups excluding carboxylic acids is 2. The second-order valence-corrected chi connectivity index (χ2v) is 8.11. The Labute approximate surface area is 160 Å². The molecular weight excluding hydrogens is 342 g/mol. The minimum absolute atomic E-state index is 0.0469. The molecule has 0 spiro atoms. The molecule has 2 aliphatic carbocycles. The highest BCUT2D eigenvalue weighted by atomic mass is 16.3. The van der Waals surface area contributed by atoms with Gasteiger partial charge in [0.2, 0.25) is 5.91 Å². The van der Waals surface area contributed by atoms with Crippen LogP contribution in [0.15, 0.2) is 30.3 Å². The Balaban J connectivity index is 1.44. The molecule has 1 aliphatic heterocycles. The number of aliphatic hydroxyl groups excluding tert-OH is 1. The molecule has 1 aromatic rings. The molecule has 3 aliphatic rings. The van der Waals surface area contributed by atoms with Crippen molar-refractivity contribution in [2.24, 2.45) is 5.92 Å². The molecule has 3 N–H and O–H groups in total. The summed E-state index contributed by atoms with van der Waals surface area (Å²) >= 11 is 0. The van der Waals surface area contributed by atoms with Crippen LogP contribution in [0, 0.1) is 5.92 Å². The number of carbonyl (C=O) groups is 2. The molecule has 146 valence electrons. The Bertz CT molecular complexity index is 671. The van der Waals surface area contributed by atoms with E-state index < -0.39 is 0 Å². The van der Waals surface area contributed by atoms with Crippen molar-refractivity contribution in [3.8, 4) is 0 Å². The number of hydrogen-bond donors (Lipinski definition) is 3. The maximum absolute atomic E-state index is 12.8. The fraction of sp³-hybridized carbons (Fsp3) is 0.619. The van der Waals surface area contributed by atoms with E-state index in [2.05, 4.69) is 10.6 Å². The molecule has 0 bridgehead atoms. The van der Waals surface area contributed by atoms with Crippen molar-refractivity contribution < 1.29 is 14.7 Å². The number of nitrogens with one attached hydrogen (secondary N) is 2. The van der Waals surface area contributed by atoms with Gasteiger partial charge in [-0.15, -0.1) is 0 Å². The van der Waals surface area contributed by atoms with Gasteiger partial charge in [0.25, 0.3) is 0 Å². The van der Waals surface area contributed by atoms with Gasteiger partial charge in [-0.05, 0) is 31.2 Å². The van der Waals surface area contributed by atoms with Crippen LogP contribution >= 0.6 is 0 Å².